The first-order valence-electron chi connectivity index (χ1n) is 8.85. The number of rotatable bonds is 4. The lowest BCUT2D eigenvalue weighted by Gasteiger charge is -2.22. The summed E-state index contributed by atoms with van der Waals surface area (Å²) in [6, 6.07) is 6.31. The quantitative estimate of drug-likeness (QED) is 0.604. The van der Waals surface area contributed by atoms with E-state index in [1.807, 2.05) is 26.8 Å². The molecule has 4 nitrogen and oxygen atoms in total. The van der Waals surface area contributed by atoms with Crippen LogP contribution in [0, 0.1) is 0 Å². The van der Waals surface area contributed by atoms with E-state index in [1.54, 1.807) is 0 Å². The van der Waals surface area contributed by atoms with Crippen molar-refractivity contribution in [3.63, 3.8) is 0 Å². The SMILES string of the molecule is CC(C)(C)OC(=O)NC1CCc2cc(C(=S)NC[Si](C)(C)C)ccc21. The summed E-state index contributed by atoms with van der Waals surface area (Å²) in [5.74, 6) is 0. The molecule has 1 aromatic rings. The maximum absolute atomic E-state index is 12.0. The molecular formula is C19H30N2O2SSi. The zero-order valence-electron chi connectivity index (χ0n) is 16.2. The number of benzene rings is 1. The van der Waals surface area contributed by atoms with Gasteiger partial charge < -0.3 is 15.4 Å². The third kappa shape index (κ3) is 6.11. The van der Waals surface area contributed by atoms with E-state index >= 15 is 0 Å². The molecule has 1 unspecified atom stereocenters. The van der Waals surface area contributed by atoms with E-state index in [0.29, 0.717) is 0 Å². The largest absolute Gasteiger partial charge is 0.444 e. The Kier molecular flexibility index (Phi) is 5.94. The normalized spacial score (nSPS) is 17.0. The number of thiocarbonyl (C=S) groups is 1. The number of hydrogen-bond acceptors (Lipinski definition) is 3. The van der Waals surface area contributed by atoms with Crippen LogP contribution in [0.3, 0.4) is 0 Å². The zero-order chi connectivity index (χ0) is 18.8. The van der Waals surface area contributed by atoms with Gasteiger partial charge in [-0.15, -0.1) is 0 Å². The van der Waals surface area contributed by atoms with Crippen molar-refractivity contribution < 1.29 is 9.53 Å². The van der Waals surface area contributed by atoms with E-state index in [2.05, 4.69) is 42.4 Å². The van der Waals surface area contributed by atoms with Gasteiger partial charge in [-0.25, -0.2) is 4.79 Å². The van der Waals surface area contributed by atoms with Gasteiger partial charge in [-0.2, -0.15) is 0 Å². The van der Waals surface area contributed by atoms with E-state index in [-0.39, 0.29) is 12.1 Å². The molecule has 0 aliphatic heterocycles. The van der Waals surface area contributed by atoms with Gasteiger partial charge in [0.25, 0.3) is 0 Å². The fourth-order valence-corrected chi connectivity index (χ4v) is 3.84. The van der Waals surface area contributed by atoms with Gasteiger partial charge in [0.2, 0.25) is 0 Å². The maximum Gasteiger partial charge on any atom is 0.408 e. The van der Waals surface area contributed by atoms with Crippen molar-refractivity contribution in [1.29, 1.82) is 0 Å². The molecule has 138 valence electrons. The van der Waals surface area contributed by atoms with Gasteiger partial charge in [0.05, 0.1) is 14.1 Å². The zero-order valence-corrected chi connectivity index (χ0v) is 18.0. The van der Waals surface area contributed by atoms with E-state index in [9.17, 15) is 4.79 Å². The minimum atomic E-state index is -1.18. The molecule has 0 heterocycles. The maximum atomic E-state index is 12.0. The summed E-state index contributed by atoms with van der Waals surface area (Å²) in [4.78, 5) is 12.8. The van der Waals surface area contributed by atoms with Gasteiger partial charge in [0.15, 0.2) is 0 Å². The first-order valence-corrected chi connectivity index (χ1v) is 13.0. The highest BCUT2D eigenvalue weighted by atomic mass is 32.1. The van der Waals surface area contributed by atoms with E-state index in [0.717, 1.165) is 29.6 Å². The molecule has 0 radical (unpaired) electrons. The summed E-state index contributed by atoms with van der Waals surface area (Å²) in [7, 11) is -1.18. The molecule has 1 aliphatic carbocycles. The van der Waals surface area contributed by atoms with Crippen molar-refractivity contribution in [2.45, 2.75) is 64.9 Å². The van der Waals surface area contributed by atoms with Crippen LogP contribution in [-0.2, 0) is 11.2 Å². The molecule has 1 aromatic carbocycles. The van der Waals surface area contributed by atoms with Crippen molar-refractivity contribution in [2.75, 3.05) is 6.17 Å². The Bertz CT molecular complexity index is 662. The molecule has 0 saturated heterocycles. The molecule has 1 aliphatic rings. The molecule has 25 heavy (non-hydrogen) atoms. The fraction of sp³-hybridized carbons (Fsp3) is 0.579. The summed E-state index contributed by atoms with van der Waals surface area (Å²) >= 11 is 5.54. The Balaban J connectivity index is 2.02. The molecule has 0 aromatic heterocycles. The second-order valence-corrected chi connectivity index (χ2v) is 14.8. The number of carbonyl (C=O) groups is 1. The minimum Gasteiger partial charge on any atom is -0.444 e. The number of ether oxygens (including phenoxy) is 1. The number of aryl methyl sites for hydroxylation is 1. The highest BCUT2D eigenvalue weighted by molar-refractivity contribution is 7.80. The molecule has 0 saturated carbocycles. The van der Waals surface area contributed by atoms with Crippen LogP contribution in [0.5, 0.6) is 0 Å². The summed E-state index contributed by atoms with van der Waals surface area (Å²) in [5, 5.41) is 6.38. The highest BCUT2D eigenvalue weighted by Gasteiger charge is 2.26. The molecular weight excluding hydrogens is 348 g/mol. The Labute approximate surface area is 157 Å². The average Bonchev–Trinajstić information content (AvgIpc) is 2.84. The van der Waals surface area contributed by atoms with Crippen LogP contribution in [0.2, 0.25) is 19.6 Å². The fourth-order valence-electron chi connectivity index (χ4n) is 2.81. The van der Waals surface area contributed by atoms with Crippen molar-refractivity contribution >= 4 is 31.4 Å². The van der Waals surface area contributed by atoms with Gasteiger partial charge in [-0.1, -0.05) is 44.0 Å². The second-order valence-electron chi connectivity index (χ2n) is 8.89. The first-order chi connectivity index (χ1) is 11.4. The van der Waals surface area contributed by atoms with Crippen LogP contribution in [0.4, 0.5) is 4.79 Å². The number of nitrogens with one attached hydrogen (secondary N) is 2. The van der Waals surface area contributed by atoms with Gasteiger partial charge in [0, 0.05) is 11.7 Å². The monoisotopic (exact) mass is 378 g/mol. The lowest BCUT2D eigenvalue weighted by Crippen LogP contribution is -2.39. The predicted octanol–water partition coefficient (Wildman–Crippen LogP) is 4.34. The Morgan fingerprint density at radius 1 is 1.32 bits per heavy atom. The standard InChI is InChI=1S/C19H30N2O2SSi/c1-19(2,3)23-18(22)21-16-10-8-13-11-14(7-9-15(13)16)17(24)20-12-25(4,5)6/h7,9,11,16H,8,10,12H2,1-6H3,(H,20,24)(H,21,22). The second kappa shape index (κ2) is 7.46. The average molecular weight is 379 g/mol. The Morgan fingerprint density at radius 2 is 2.00 bits per heavy atom. The third-order valence-corrected chi connectivity index (χ3v) is 5.57. The summed E-state index contributed by atoms with van der Waals surface area (Å²) in [6.07, 6.45) is 2.46. The minimum absolute atomic E-state index is 0.0161. The molecule has 0 fully saturated rings. The smallest absolute Gasteiger partial charge is 0.408 e. The van der Waals surface area contributed by atoms with Crippen LogP contribution >= 0.6 is 12.2 Å². The number of fused-ring (bicyclic) bond motifs is 1. The van der Waals surface area contributed by atoms with Crippen LogP contribution < -0.4 is 10.6 Å². The number of carbonyl (C=O) groups excluding carboxylic acids is 1. The van der Waals surface area contributed by atoms with Crippen molar-refractivity contribution in [1.82, 2.24) is 10.6 Å². The number of hydrogen-bond donors (Lipinski definition) is 2. The van der Waals surface area contributed by atoms with Crippen LogP contribution in [0.25, 0.3) is 0 Å². The molecule has 2 N–H and O–H groups in total. The first kappa shape index (κ1) is 19.9. The van der Waals surface area contributed by atoms with Crippen LogP contribution in [0.15, 0.2) is 18.2 Å². The number of amides is 1. The van der Waals surface area contributed by atoms with E-state index in [1.165, 1.54) is 11.1 Å². The van der Waals surface area contributed by atoms with Gasteiger partial charge >= 0.3 is 6.09 Å². The highest BCUT2D eigenvalue weighted by Crippen LogP contribution is 2.32. The molecule has 0 bridgehead atoms. The summed E-state index contributed by atoms with van der Waals surface area (Å²) in [6.45, 7) is 12.6. The lowest BCUT2D eigenvalue weighted by atomic mass is 10.0. The lowest BCUT2D eigenvalue weighted by molar-refractivity contribution is 0.0503. The molecule has 1 atom stereocenters. The van der Waals surface area contributed by atoms with Gasteiger partial charge in [0.1, 0.15) is 10.6 Å². The van der Waals surface area contributed by atoms with Gasteiger partial charge in [-0.05, 0) is 50.8 Å². The molecule has 1 amide bonds. The number of alkyl carbamates (subject to hydrolysis) is 1. The van der Waals surface area contributed by atoms with Crippen LogP contribution in [0.1, 0.15) is 49.9 Å². The van der Waals surface area contributed by atoms with Crippen molar-refractivity contribution in [3.05, 3.63) is 34.9 Å². The van der Waals surface area contributed by atoms with Crippen LogP contribution in [-0.4, -0.2) is 30.9 Å². The van der Waals surface area contributed by atoms with E-state index < -0.39 is 13.7 Å². The Morgan fingerprint density at radius 3 is 2.60 bits per heavy atom. The predicted molar refractivity (Wildman–Crippen MR) is 110 cm³/mol. The van der Waals surface area contributed by atoms with Crippen molar-refractivity contribution in [2.24, 2.45) is 0 Å². The summed E-state index contributed by atoms with van der Waals surface area (Å²) < 4.78 is 5.36. The Hall–Kier alpha value is -1.40. The molecule has 6 heteroatoms. The summed E-state index contributed by atoms with van der Waals surface area (Å²) in [5.41, 5.74) is 3.01. The molecule has 0 spiro atoms. The third-order valence-electron chi connectivity index (χ3n) is 3.95. The van der Waals surface area contributed by atoms with Gasteiger partial charge in [-0.3, -0.25) is 0 Å². The topological polar surface area (TPSA) is 50.4 Å². The van der Waals surface area contributed by atoms with Crippen molar-refractivity contribution in [3.8, 4) is 0 Å². The van der Waals surface area contributed by atoms with E-state index in [4.69, 9.17) is 17.0 Å². The molecule has 2 rings (SSSR count).